The highest BCUT2D eigenvalue weighted by molar-refractivity contribution is 9.10. The van der Waals surface area contributed by atoms with Gasteiger partial charge in [-0.3, -0.25) is 4.79 Å². The monoisotopic (exact) mass is 292 g/mol. The molecule has 0 aromatic heterocycles. The smallest absolute Gasteiger partial charge is 0.165 e. The van der Waals surface area contributed by atoms with Crippen LogP contribution in [0.25, 0.3) is 0 Å². The minimum absolute atomic E-state index is 0.102. The lowest BCUT2D eigenvalue weighted by Crippen LogP contribution is -2.01. The molecule has 1 nitrogen and oxygen atoms in total. The highest BCUT2D eigenvalue weighted by atomic mass is 79.9. The number of Topliss-reactive ketones (excluding diaryl/α,β-unsaturated/α-hetero) is 1. The van der Waals surface area contributed by atoms with Crippen molar-refractivity contribution in [3.63, 3.8) is 0 Å². The average molecular weight is 294 g/mol. The number of alkyl halides is 1. The second kappa shape index (κ2) is 5.79. The van der Waals surface area contributed by atoms with Crippen molar-refractivity contribution in [2.75, 3.05) is 12.1 Å². The van der Waals surface area contributed by atoms with E-state index in [0.717, 1.165) is 14.9 Å². The van der Waals surface area contributed by atoms with Crippen molar-refractivity contribution in [2.24, 2.45) is 0 Å². The van der Waals surface area contributed by atoms with Gasteiger partial charge in [0.2, 0.25) is 0 Å². The van der Waals surface area contributed by atoms with Gasteiger partial charge in [0.1, 0.15) is 0 Å². The number of hydrogen-bond donors (Lipinski definition) is 0. The number of rotatable bonds is 4. The van der Waals surface area contributed by atoms with Gasteiger partial charge >= 0.3 is 0 Å². The molecule has 0 N–H and O–H groups in total. The summed E-state index contributed by atoms with van der Waals surface area (Å²) < 4.78 is 0.963. The average Bonchev–Trinajstić information content (AvgIpc) is 2.17. The number of hydrogen-bond acceptors (Lipinski definition) is 2. The van der Waals surface area contributed by atoms with E-state index in [1.807, 2.05) is 24.5 Å². The van der Waals surface area contributed by atoms with Crippen LogP contribution in [0, 0.1) is 0 Å². The highest BCUT2D eigenvalue weighted by Crippen LogP contribution is 2.30. The van der Waals surface area contributed by atoms with Crippen LogP contribution in [0.5, 0.6) is 0 Å². The molecule has 0 spiro atoms. The standard InChI is InChI=1S/C10H10BrClOS/c1-14-10-7(9(13)5-6-12)3-2-4-8(10)11/h2-4H,5-6H2,1H3. The molecule has 14 heavy (non-hydrogen) atoms. The van der Waals surface area contributed by atoms with Gasteiger partial charge < -0.3 is 0 Å². The van der Waals surface area contributed by atoms with Gasteiger partial charge in [-0.2, -0.15) is 0 Å². The lowest BCUT2D eigenvalue weighted by atomic mass is 10.1. The molecule has 0 amide bonds. The van der Waals surface area contributed by atoms with Gasteiger partial charge in [0.25, 0.3) is 0 Å². The molecule has 1 rings (SSSR count). The Morgan fingerprint density at radius 2 is 2.29 bits per heavy atom. The SMILES string of the molecule is CSc1c(Br)cccc1C(=O)CCCl. The van der Waals surface area contributed by atoms with E-state index in [2.05, 4.69) is 15.9 Å². The zero-order valence-corrected chi connectivity index (χ0v) is 10.9. The Morgan fingerprint density at radius 1 is 1.57 bits per heavy atom. The van der Waals surface area contributed by atoms with E-state index in [4.69, 9.17) is 11.6 Å². The Kier molecular flexibility index (Phi) is 4.99. The molecule has 76 valence electrons. The lowest BCUT2D eigenvalue weighted by Gasteiger charge is -2.07. The van der Waals surface area contributed by atoms with Crippen LogP contribution in [0.3, 0.4) is 0 Å². The van der Waals surface area contributed by atoms with Gasteiger partial charge in [-0.25, -0.2) is 0 Å². The maximum atomic E-state index is 11.7. The van der Waals surface area contributed by atoms with Crippen LogP contribution in [-0.2, 0) is 0 Å². The molecule has 0 saturated heterocycles. The molecule has 0 atom stereocenters. The van der Waals surface area contributed by atoms with Crippen molar-refractivity contribution >= 4 is 45.1 Å². The molecule has 0 heterocycles. The van der Waals surface area contributed by atoms with Gasteiger partial charge in [-0.1, -0.05) is 12.1 Å². The van der Waals surface area contributed by atoms with E-state index in [-0.39, 0.29) is 5.78 Å². The number of carbonyl (C=O) groups is 1. The van der Waals surface area contributed by atoms with E-state index in [0.29, 0.717) is 12.3 Å². The number of ketones is 1. The Balaban J connectivity index is 3.07. The van der Waals surface area contributed by atoms with E-state index in [1.54, 1.807) is 11.8 Å². The predicted molar refractivity (Wildman–Crippen MR) is 65.6 cm³/mol. The Hall–Kier alpha value is 0.01000. The van der Waals surface area contributed by atoms with Gasteiger partial charge in [0.15, 0.2) is 5.78 Å². The molecule has 0 aliphatic carbocycles. The summed E-state index contributed by atoms with van der Waals surface area (Å²) in [5.41, 5.74) is 0.757. The van der Waals surface area contributed by atoms with Crippen LogP contribution in [-0.4, -0.2) is 17.9 Å². The fourth-order valence-corrected chi connectivity index (χ4v) is 2.84. The van der Waals surface area contributed by atoms with Crippen molar-refractivity contribution in [3.05, 3.63) is 28.2 Å². The van der Waals surface area contributed by atoms with Gasteiger partial charge in [-0.05, 0) is 28.3 Å². The van der Waals surface area contributed by atoms with Crippen molar-refractivity contribution < 1.29 is 4.79 Å². The third-order valence-electron chi connectivity index (χ3n) is 1.79. The van der Waals surface area contributed by atoms with Crippen LogP contribution in [0.2, 0.25) is 0 Å². The first-order chi connectivity index (χ1) is 6.70. The third kappa shape index (κ3) is 2.75. The topological polar surface area (TPSA) is 17.1 Å². The summed E-state index contributed by atoms with van der Waals surface area (Å²) in [6.07, 6.45) is 2.35. The second-order valence-corrected chi connectivity index (χ2v) is 4.73. The largest absolute Gasteiger partial charge is 0.294 e. The Bertz CT molecular complexity index is 341. The molecule has 4 heteroatoms. The summed E-state index contributed by atoms with van der Waals surface area (Å²) in [6, 6.07) is 5.64. The van der Waals surface area contributed by atoms with Gasteiger partial charge in [-0.15, -0.1) is 23.4 Å². The normalized spacial score (nSPS) is 10.2. The van der Waals surface area contributed by atoms with Crippen LogP contribution >= 0.6 is 39.3 Å². The molecule has 1 aromatic carbocycles. The first-order valence-corrected chi connectivity index (χ1v) is 6.67. The highest BCUT2D eigenvalue weighted by Gasteiger charge is 2.12. The fourth-order valence-electron chi connectivity index (χ4n) is 1.16. The maximum absolute atomic E-state index is 11.7. The second-order valence-electron chi connectivity index (χ2n) is 2.68. The molecule has 0 unspecified atom stereocenters. The van der Waals surface area contributed by atoms with Crippen molar-refractivity contribution in [2.45, 2.75) is 11.3 Å². The number of thioether (sulfide) groups is 1. The summed E-state index contributed by atoms with van der Waals surface area (Å²) >= 11 is 10.5. The molecular formula is C10H10BrClOS. The van der Waals surface area contributed by atoms with Crippen LogP contribution < -0.4 is 0 Å². The summed E-state index contributed by atoms with van der Waals surface area (Å²) in [4.78, 5) is 12.6. The zero-order chi connectivity index (χ0) is 10.6. The van der Waals surface area contributed by atoms with E-state index in [9.17, 15) is 4.79 Å². The van der Waals surface area contributed by atoms with Gasteiger partial charge in [0.05, 0.1) is 0 Å². The quantitative estimate of drug-likeness (QED) is 0.474. The van der Waals surface area contributed by atoms with E-state index in [1.165, 1.54) is 0 Å². The van der Waals surface area contributed by atoms with Crippen molar-refractivity contribution in [3.8, 4) is 0 Å². The first kappa shape index (κ1) is 12.1. The minimum atomic E-state index is 0.102. The number of benzene rings is 1. The van der Waals surface area contributed by atoms with Crippen LogP contribution in [0.15, 0.2) is 27.6 Å². The Morgan fingerprint density at radius 3 is 2.86 bits per heavy atom. The summed E-state index contributed by atoms with van der Waals surface area (Å²) in [5, 5.41) is 0. The molecule has 0 aliphatic rings. The Labute approximate surface area is 101 Å². The first-order valence-electron chi connectivity index (χ1n) is 4.12. The number of carbonyl (C=O) groups excluding carboxylic acids is 1. The molecule has 0 aliphatic heterocycles. The van der Waals surface area contributed by atoms with Crippen LogP contribution in [0.4, 0.5) is 0 Å². The molecular weight excluding hydrogens is 284 g/mol. The van der Waals surface area contributed by atoms with Gasteiger partial charge in [0, 0.05) is 27.2 Å². The molecule has 0 radical (unpaired) electrons. The lowest BCUT2D eigenvalue weighted by molar-refractivity contribution is 0.0986. The number of halogens is 2. The van der Waals surface area contributed by atoms with E-state index >= 15 is 0 Å². The maximum Gasteiger partial charge on any atom is 0.165 e. The molecule has 0 fully saturated rings. The van der Waals surface area contributed by atoms with Crippen molar-refractivity contribution in [1.82, 2.24) is 0 Å². The third-order valence-corrected chi connectivity index (χ3v) is 3.75. The fraction of sp³-hybridized carbons (Fsp3) is 0.300. The zero-order valence-electron chi connectivity index (χ0n) is 7.72. The molecule has 1 aromatic rings. The predicted octanol–water partition coefficient (Wildman–Crippen LogP) is 3.98. The summed E-state index contributed by atoms with van der Waals surface area (Å²) in [6.45, 7) is 0. The molecule has 0 bridgehead atoms. The molecule has 0 saturated carbocycles. The summed E-state index contributed by atoms with van der Waals surface area (Å²) in [7, 11) is 0. The summed E-state index contributed by atoms with van der Waals surface area (Å²) in [5.74, 6) is 0.477. The minimum Gasteiger partial charge on any atom is -0.294 e. The van der Waals surface area contributed by atoms with Crippen LogP contribution in [0.1, 0.15) is 16.8 Å². The van der Waals surface area contributed by atoms with Crippen molar-refractivity contribution in [1.29, 1.82) is 0 Å². The van der Waals surface area contributed by atoms with E-state index < -0.39 is 0 Å².